The third kappa shape index (κ3) is 4.17. The minimum Gasteiger partial charge on any atom is -0.356 e. The molecule has 10 heteroatoms. The second-order valence-electron chi connectivity index (χ2n) is 7.09. The molecule has 1 N–H and O–H groups in total. The molecule has 9 nitrogen and oxygen atoms in total. The number of amides is 1. The molecule has 1 aliphatic heterocycles. The summed E-state index contributed by atoms with van der Waals surface area (Å²) in [5.41, 5.74) is 1.30. The molecule has 1 aliphatic rings. The average molecular weight is 439 g/mol. The van der Waals surface area contributed by atoms with E-state index in [1.54, 1.807) is 24.6 Å². The third-order valence-corrected chi connectivity index (χ3v) is 5.69. The first-order valence-electron chi connectivity index (χ1n) is 10.2. The fourth-order valence-electron chi connectivity index (χ4n) is 3.61. The molecule has 3 aromatic rings. The number of fused-ring (bicyclic) bond motifs is 1. The van der Waals surface area contributed by atoms with E-state index in [4.69, 9.17) is 6.15 Å². The first-order valence-corrected chi connectivity index (χ1v) is 11.0. The Morgan fingerprint density at radius 1 is 1.39 bits per heavy atom. The van der Waals surface area contributed by atoms with Crippen LogP contribution in [0.3, 0.4) is 0 Å². The van der Waals surface area contributed by atoms with Crippen LogP contribution in [0.15, 0.2) is 48.7 Å². The Morgan fingerprint density at radius 3 is 2.97 bits per heavy atom. The Kier molecular flexibility index (Phi) is 5.63. The largest absolute Gasteiger partial charge is 0.356 e. The maximum atomic E-state index is 13.4. The Bertz CT molecular complexity index is 1190. The van der Waals surface area contributed by atoms with E-state index in [1.807, 2.05) is 10.7 Å². The highest BCUT2D eigenvalue weighted by Gasteiger charge is 2.25. The summed E-state index contributed by atoms with van der Waals surface area (Å²) in [5, 5.41) is 20.1. The lowest BCUT2D eigenvalue weighted by Gasteiger charge is -2.24. The van der Waals surface area contributed by atoms with Crippen LogP contribution in [-0.2, 0) is 4.74 Å². The molecule has 0 bridgehead atoms. The molecule has 2 aromatic carbocycles. The molecule has 0 radical (unpaired) electrons. The van der Waals surface area contributed by atoms with Gasteiger partial charge in [-0.1, -0.05) is 17.8 Å². The number of non-ortho nitro benzene ring substituents is 1. The summed E-state index contributed by atoms with van der Waals surface area (Å²) in [7, 11) is 0. The molecular formula is C21H21N5O4S. The van der Waals surface area contributed by atoms with Gasteiger partial charge in [-0.25, -0.2) is 4.68 Å². The van der Waals surface area contributed by atoms with Gasteiger partial charge in [0.05, 0.1) is 22.3 Å². The van der Waals surface area contributed by atoms with Gasteiger partial charge in [0.1, 0.15) is 0 Å². The molecule has 0 saturated carbocycles. The molecule has 4 rings (SSSR count). The van der Waals surface area contributed by atoms with Gasteiger partial charge < -0.3 is 4.74 Å². The number of ether oxygens (including phenoxy) is 1. The molecule has 0 spiro atoms. The van der Waals surface area contributed by atoms with E-state index in [9.17, 15) is 14.9 Å². The summed E-state index contributed by atoms with van der Waals surface area (Å²) in [6, 6.07) is 10.9. The van der Waals surface area contributed by atoms with Gasteiger partial charge in [-0.05, 0) is 49.8 Å². The van der Waals surface area contributed by atoms with E-state index in [0.29, 0.717) is 12.3 Å². The number of nitro benzene ring substituents is 1. The first kappa shape index (κ1) is 19.7. The molecule has 1 fully saturated rings. The number of thioether (sulfide) groups is 1. The van der Waals surface area contributed by atoms with Crippen molar-refractivity contribution in [1.29, 1.82) is 5.40 Å². The van der Waals surface area contributed by atoms with Crippen LogP contribution in [0.25, 0.3) is 10.9 Å². The normalized spacial score (nSPS) is 17.4. The second kappa shape index (κ2) is 8.86. The van der Waals surface area contributed by atoms with Crippen LogP contribution in [0.1, 0.15) is 35.8 Å². The lowest BCUT2D eigenvalue weighted by molar-refractivity contribution is -0.384. The minimum absolute atomic E-state index is 0.119. The fraction of sp³-hybridized carbons (Fsp3) is 0.286. The molecular weight excluding hydrogens is 418 g/mol. The standard InChI is InChI=1S/C21H21N5O4S/c1-31-21(22)24(20(27)14-5-4-6-17(11-14)26(28)29)16-8-9-18-15(12-16)13-23-25(18)19-7-2-3-10-30-19/h4-6,8-9,11-13,19,22H,2-3,7,10H2,1H3/b22-21+. The molecule has 1 aromatic heterocycles. The van der Waals surface area contributed by atoms with Gasteiger partial charge in [0.2, 0.25) is 0 Å². The molecule has 160 valence electrons. The molecule has 2 heterocycles. The van der Waals surface area contributed by atoms with Gasteiger partial charge in [-0.2, -0.15) is 5.10 Å². The van der Waals surface area contributed by atoms with Crippen molar-refractivity contribution in [3.63, 3.8) is 0 Å². The smallest absolute Gasteiger partial charge is 0.270 e. The Hall–Kier alpha value is -3.24. The van der Waals surface area contributed by atoms with Crippen molar-refractivity contribution in [1.82, 2.24) is 9.78 Å². The van der Waals surface area contributed by atoms with Crippen LogP contribution in [0.2, 0.25) is 1.41 Å². The van der Waals surface area contributed by atoms with E-state index >= 15 is 0 Å². The highest BCUT2D eigenvalue weighted by Crippen LogP contribution is 2.30. The molecule has 1 amide bonds. The van der Waals surface area contributed by atoms with Crippen LogP contribution in [0.4, 0.5) is 11.4 Å². The van der Waals surface area contributed by atoms with Crippen LogP contribution in [0.5, 0.6) is 0 Å². The number of nitro groups is 1. The Labute approximate surface area is 184 Å². The third-order valence-electron chi connectivity index (χ3n) is 5.15. The zero-order valence-electron chi connectivity index (χ0n) is 17.8. The lowest BCUT2D eigenvalue weighted by Crippen LogP contribution is -2.34. The van der Waals surface area contributed by atoms with Gasteiger partial charge in [0, 0.05) is 29.7 Å². The number of anilines is 1. The van der Waals surface area contributed by atoms with Gasteiger partial charge in [-0.15, -0.1) is 0 Å². The average Bonchev–Trinajstić information content (AvgIpc) is 3.26. The summed E-state index contributed by atoms with van der Waals surface area (Å²) in [6.07, 6.45) is 6.30. The van der Waals surface area contributed by atoms with Crippen molar-refractivity contribution in [2.24, 2.45) is 0 Å². The predicted octanol–water partition coefficient (Wildman–Crippen LogP) is 4.59. The topological polar surface area (TPSA) is 114 Å². The molecule has 1 saturated heterocycles. The number of carbonyl (C=O) groups excluding carboxylic acids is 1. The Balaban J connectivity index is 1.74. The number of aromatic nitrogens is 2. The number of benzene rings is 2. The van der Waals surface area contributed by atoms with Crippen LogP contribution in [0, 0.1) is 15.5 Å². The van der Waals surface area contributed by atoms with Crippen molar-refractivity contribution in [3.05, 3.63) is 64.3 Å². The summed E-state index contributed by atoms with van der Waals surface area (Å²) >= 11 is 1.13. The Morgan fingerprint density at radius 2 is 2.26 bits per heavy atom. The van der Waals surface area contributed by atoms with Crippen molar-refractivity contribution in [2.75, 3.05) is 17.8 Å². The van der Waals surface area contributed by atoms with Gasteiger partial charge in [0.25, 0.3) is 11.6 Å². The van der Waals surface area contributed by atoms with Crippen LogP contribution < -0.4 is 4.90 Å². The summed E-state index contributed by atoms with van der Waals surface area (Å²) in [4.78, 5) is 25.2. The van der Waals surface area contributed by atoms with Gasteiger partial charge in [-0.3, -0.25) is 25.2 Å². The van der Waals surface area contributed by atoms with E-state index in [1.165, 1.54) is 29.2 Å². The van der Waals surface area contributed by atoms with E-state index < -0.39 is 10.8 Å². The van der Waals surface area contributed by atoms with E-state index in [0.717, 1.165) is 41.9 Å². The maximum Gasteiger partial charge on any atom is 0.270 e. The van der Waals surface area contributed by atoms with Crippen LogP contribution >= 0.6 is 11.8 Å². The number of nitrogens with one attached hydrogen (secondary N) is 1. The highest BCUT2D eigenvalue weighted by molar-refractivity contribution is 8.13. The van der Waals surface area contributed by atoms with E-state index in [2.05, 4.69) is 10.5 Å². The number of nitrogens with zero attached hydrogens (tertiary/aromatic N) is 4. The van der Waals surface area contributed by atoms with Crippen molar-refractivity contribution < 1.29 is 15.9 Å². The van der Waals surface area contributed by atoms with Crippen LogP contribution in [-0.4, -0.2) is 38.6 Å². The minimum atomic E-state index is -0.553. The number of hydrogen-bond acceptors (Lipinski definition) is 7. The molecule has 31 heavy (non-hydrogen) atoms. The zero-order chi connectivity index (χ0) is 22.7. The summed E-state index contributed by atoms with van der Waals surface area (Å²) < 4.78 is 15.2. The summed E-state index contributed by atoms with van der Waals surface area (Å²) in [6.45, 7) is 0.701. The number of hydrogen-bond donors (Lipinski definition) is 1. The number of rotatable bonds is 4. The second-order valence-corrected chi connectivity index (χ2v) is 7.86. The first-order chi connectivity index (χ1) is 15.5. The molecule has 1 unspecified atom stereocenters. The fourth-order valence-corrected chi connectivity index (χ4v) is 3.98. The van der Waals surface area contributed by atoms with Gasteiger partial charge in [0.15, 0.2) is 12.8 Å². The highest BCUT2D eigenvalue weighted by atomic mass is 32.2. The van der Waals surface area contributed by atoms with Crippen molar-refractivity contribution in [3.8, 4) is 0 Å². The van der Waals surface area contributed by atoms with E-state index in [-0.39, 0.29) is 22.6 Å². The zero-order valence-corrected chi connectivity index (χ0v) is 17.6. The summed E-state index contributed by atoms with van der Waals surface area (Å²) in [5.74, 6) is -0.517. The molecule has 0 aliphatic carbocycles. The number of carbonyl (C=O) groups is 1. The molecule has 1 atom stereocenters. The predicted molar refractivity (Wildman–Crippen MR) is 120 cm³/mol. The lowest BCUT2D eigenvalue weighted by atomic mass is 10.1. The maximum absolute atomic E-state index is 13.4. The quantitative estimate of drug-likeness (QED) is 0.275. The van der Waals surface area contributed by atoms with Crippen molar-refractivity contribution >= 4 is 45.1 Å². The van der Waals surface area contributed by atoms with Gasteiger partial charge >= 0.3 is 0 Å². The SMILES string of the molecule is [H]/N=C(/SC)N(C(=O)c1cccc([N+](=O)[O-])c1)c1ccc2c(cnn2C2CCCCO2)c1. The monoisotopic (exact) mass is 439 g/mol. The van der Waals surface area contributed by atoms with Crippen molar-refractivity contribution in [2.45, 2.75) is 25.5 Å². The number of amidine groups is 1.